The molecular formula is C21H32O3. The highest BCUT2D eigenvalue weighted by Gasteiger charge is 2.32. The van der Waals surface area contributed by atoms with E-state index in [0.29, 0.717) is 6.42 Å². The molecule has 0 spiro atoms. The average Bonchev–Trinajstić information content (AvgIpc) is 2.58. The van der Waals surface area contributed by atoms with E-state index in [9.17, 15) is 4.79 Å². The van der Waals surface area contributed by atoms with Crippen molar-refractivity contribution in [3.05, 3.63) is 28.8 Å². The topological polar surface area (TPSA) is 46.5 Å². The maximum Gasteiger partial charge on any atom is 0.303 e. The summed E-state index contributed by atoms with van der Waals surface area (Å²) in [5, 5.41) is 9.03. The van der Waals surface area contributed by atoms with Crippen molar-refractivity contribution < 1.29 is 14.6 Å². The van der Waals surface area contributed by atoms with Gasteiger partial charge in [-0.05, 0) is 48.6 Å². The third-order valence-electron chi connectivity index (χ3n) is 5.46. The van der Waals surface area contributed by atoms with Gasteiger partial charge in [-0.2, -0.15) is 0 Å². The molecule has 0 aromatic heterocycles. The van der Waals surface area contributed by atoms with Crippen LogP contribution < -0.4 is 4.74 Å². The van der Waals surface area contributed by atoms with Gasteiger partial charge in [0.1, 0.15) is 5.75 Å². The van der Waals surface area contributed by atoms with E-state index < -0.39 is 5.97 Å². The lowest BCUT2D eigenvalue weighted by molar-refractivity contribution is -0.136. The van der Waals surface area contributed by atoms with E-state index in [1.807, 2.05) is 0 Å². The maximum absolute atomic E-state index is 11.0. The summed E-state index contributed by atoms with van der Waals surface area (Å²) in [6.45, 7) is 4.55. The number of rotatable bonds is 8. The molecule has 1 aliphatic carbocycles. The minimum Gasteiger partial charge on any atom is -0.496 e. The van der Waals surface area contributed by atoms with Crippen molar-refractivity contribution in [1.82, 2.24) is 0 Å². The van der Waals surface area contributed by atoms with E-state index in [0.717, 1.165) is 30.6 Å². The fourth-order valence-corrected chi connectivity index (χ4v) is 3.99. The Morgan fingerprint density at radius 3 is 2.50 bits per heavy atom. The lowest BCUT2D eigenvalue weighted by Gasteiger charge is -2.36. The highest BCUT2D eigenvalue weighted by molar-refractivity contribution is 5.67. The van der Waals surface area contributed by atoms with E-state index in [1.54, 1.807) is 7.11 Å². The van der Waals surface area contributed by atoms with Gasteiger partial charge in [-0.25, -0.2) is 0 Å². The predicted molar refractivity (Wildman–Crippen MR) is 98.0 cm³/mol. The number of methoxy groups -OCH3 is 1. The molecule has 3 nitrogen and oxygen atoms in total. The number of aliphatic carboxylic acids is 1. The maximum atomic E-state index is 11.0. The van der Waals surface area contributed by atoms with Crippen LogP contribution in [-0.4, -0.2) is 18.2 Å². The van der Waals surface area contributed by atoms with Crippen molar-refractivity contribution >= 4 is 5.97 Å². The van der Waals surface area contributed by atoms with Gasteiger partial charge in [0.15, 0.2) is 0 Å². The van der Waals surface area contributed by atoms with Crippen molar-refractivity contribution in [3.63, 3.8) is 0 Å². The standard InChI is InChI=1S/C21H32O3/c1-4-5-9-17-14-16(10-11-19(22)23)15-18(20(17)24-3)21(2)12-7-6-8-13-21/h14-15H,4-13H2,1-3H3,(H,22,23). The lowest BCUT2D eigenvalue weighted by Crippen LogP contribution is -2.26. The van der Waals surface area contributed by atoms with Crippen molar-refractivity contribution in [3.8, 4) is 5.75 Å². The molecule has 0 amide bonds. The molecule has 1 aromatic rings. The molecule has 1 saturated carbocycles. The first-order valence-corrected chi connectivity index (χ1v) is 9.42. The summed E-state index contributed by atoms with van der Waals surface area (Å²) in [4.78, 5) is 11.0. The Bertz CT molecular complexity index is 556. The molecule has 0 saturated heterocycles. The van der Waals surface area contributed by atoms with Crippen molar-refractivity contribution in [1.29, 1.82) is 0 Å². The van der Waals surface area contributed by atoms with E-state index >= 15 is 0 Å². The Balaban J connectivity index is 2.43. The van der Waals surface area contributed by atoms with Gasteiger partial charge in [-0.3, -0.25) is 4.79 Å². The molecule has 0 radical (unpaired) electrons. The van der Waals surface area contributed by atoms with Crippen molar-refractivity contribution in [2.45, 2.75) is 83.5 Å². The predicted octanol–water partition coefficient (Wildman–Crippen LogP) is 5.28. The zero-order chi connectivity index (χ0) is 17.6. The van der Waals surface area contributed by atoms with E-state index in [4.69, 9.17) is 9.84 Å². The van der Waals surface area contributed by atoms with Gasteiger partial charge in [0, 0.05) is 12.0 Å². The first-order valence-electron chi connectivity index (χ1n) is 9.42. The van der Waals surface area contributed by atoms with Crippen LogP contribution in [0.25, 0.3) is 0 Å². The van der Waals surface area contributed by atoms with Gasteiger partial charge in [0.05, 0.1) is 7.11 Å². The minimum absolute atomic E-state index is 0.157. The third kappa shape index (κ3) is 4.52. The minimum atomic E-state index is -0.730. The molecule has 0 bridgehead atoms. The van der Waals surface area contributed by atoms with Gasteiger partial charge >= 0.3 is 5.97 Å². The van der Waals surface area contributed by atoms with Crippen LogP contribution in [0.1, 0.15) is 81.9 Å². The summed E-state index contributed by atoms with van der Waals surface area (Å²) in [6, 6.07) is 4.40. The van der Waals surface area contributed by atoms with Crippen LogP contribution >= 0.6 is 0 Å². The van der Waals surface area contributed by atoms with E-state index in [-0.39, 0.29) is 11.8 Å². The lowest BCUT2D eigenvalue weighted by atomic mass is 9.69. The summed E-state index contributed by atoms with van der Waals surface area (Å²) < 4.78 is 5.86. The SMILES string of the molecule is CCCCc1cc(CCC(=O)O)cc(C2(C)CCCCC2)c1OC. The molecule has 1 aliphatic rings. The van der Waals surface area contributed by atoms with Crippen LogP contribution in [0.4, 0.5) is 0 Å². The monoisotopic (exact) mass is 332 g/mol. The molecular weight excluding hydrogens is 300 g/mol. The number of unbranched alkanes of at least 4 members (excludes halogenated alkanes) is 1. The number of carboxylic acids is 1. The summed E-state index contributed by atoms with van der Waals surface area (Å²) in [5.74, 6) is 0.318. The Morgan fingerprint density at radius 1 is 1.21 bits per heavy atom. The van der Waals surface area contributed by atoms with Gasteiger partial charge in [-0.1, -0.05) is 51.7 Å². The number of carboxylic acid groups (broad SMARTS) is 1. The first-order chi connectivity index (χ1) is 11.5. The number of aryl methyl sites for hydroxylation is 2. The largest absolute Gasteiger partial charge is 0.496 e. The molecule has 0 aliphatic heterocycles. The number of hydrogen-bond donors (Lipinski definition) is 1. The smallest absolute Gasteiger partial charge is 0.303 e. The average molecular weight is 332 g/mol. The fourth-order valence-electron chi connectivity index (χ4n) is 3.99. The zero-order valence-electron chi connectivity index (χ0n) is 15.5. The summed E-state index contributed by atoms with van der Waals surface area (Å²) in [7, 11) is 1.78. The highest BCUT2D eigenvalue weighted by Crippen LogP contribution is 2.45. The normalized spacial score (nSPS) is 16.8. The van der Waals surface area contributed by atoms with Gasteiger partial charge in [-0.15, -0.1) is 0 Å². The van der Waals surface area contributed by atoms with Crippen LogP contribution in [0.15, 0.2) is 12.1 Å². The second-order valence-electron chi connectivity index (χ2n) is 7.45. The number of benzene rings is 1. The van der Waals surface area contributed by atoms with Crippen molar-refractivity contribution in [2.75, 3.05) is 7.11 Å². The summed E-state index contributed by atoms with van der Waals surface area (Å²) in [6.07, 6.45) is 10.3. The molecule has 24 heavy (non-hydrogen) atoms. The Hall–Kier alpha value is -1.51. The van der Waals surface area contributed by atoms with Crippen LogP contribution in [0, 0.1) is 0 Å². The van der Waals surface area contributed by atoms with Crippen LogP contribution in [-0.2, 0) is 23.1 Å². The molecule has 0 heterocycles. The van der Waals surface area contributed by atoms with Crippen LogP contribution in [0.5, 0.6) is 5.75 Å². The van der Waals surface area contributed by atoms with Crippen LogP contribution in [0.3, 0.4) is 0 Å². The highest BCUT2D eigenvalue weighted by atomic mass is 16.5. The molecule has 0 unspecified atom stereocenters. The first kappa shape index (κ1) is 18.8. The number of ether oxygens (including phenoxy) is 1. The zero-order valence-corrected chi connectivity index (χ0v) is 15.5. The van der Waals surface area contributed by atoms with Gasteiger partial charge < -0.3 is 9.84 Å². The second-order valence-corrected chi connectivity index (χ2v) is 7.45. The Labute approximate surface area is 146 Å². The van der Waals surface area contributed by atoms with Gasteiger partial charge in [0.25, 0.3) is 0 Å². The van der Waals surface area contributed by atoms with Crippen LogP contribution in [0.2, 0.25) is 0 Å². The molecule has 1 fully saturated rings. The van der Waals surface area contributed by atoms with Gasteiger partial charge in [0.2, 0.25) is 0 Å². The molecule has 2 rings (SSSR count). The summed E-state index contributed by atoms with van der Waals surface area (Å²) in [5.41, 5.74) is 3.86. The molecule has 1 N–H and O–H groups in total. The van der Waals surface area contributed by atoms with E-state index in [1.165, 1.54) is 43.2 Å². The third-order valence-corrected chi connectivity index (χ3v) is 5.46. The van der Waals surface area contributed by atoms with Crippen molar-refractivity contribution in [2.24, 2.45) is 0 Å². The fraction of sp³-hybridized carbons (Fsp3) is 0.667. The number of carbonyl (C=O) groups is 1. The number of hydrogen-bond acceptors (Lipinski definition) is 2. The Morgan fingerprint density at radius 2 is 1.92 bits per heavy atom. The summed E-state index contributed by atoms with van der Waals surface area (Å²) >= 11 is 0. The second kappa shape index (κ2) is 8.55. The van der Waals surface area contributed by atoms with E-state index in [2.05, 4.69) is 26.0 Å². The Kier molecular flexibility index (Phi) is 6.70. The molecule has 1 aromatic carbocycles. The molecule has 3 heteroatoms. The molecule has 134 valence electrons. The quantitative estimate of drug-likeness (QED) is 0.705. The molecule has 0 atom stereocenters.